The first-order chi connectivity index (χ1) is 15.5. The number of hydrogen-bond acceptors (Lipinski definition) is 5. The van der Waals surface area contributed by atoms with Gasteiger partial charge in [0, 0.05) is 11.9 Å². The van der Waals surface area contributed by atoms with Gasteiger partial charge in [0.15, 0.2) is 5.69 Å². The molecule has 1 aliphatic carbocycles. The monoisotopic (exact) mass is 450 g/mol. The third-order valence-electron chi connectivity index (χ3n) is 5.72. The minimum absolute atomic E-state index is 0.0104. The van der Waals surface area contributed by atoms with E-state index in [9.17, 15) is 14.4 Å². The number of aromatic amines is 1. The van der Waals surface area contributed by atoms with Crippen LogP contribution in [0, 0.1) is 0 Å². The second-order valence-electron chi connectivity index (χ2n) is 7.89. The van der Waals surface area contributed by atoms with E-state index in [4.69, 9.17) is 5.73 Å². The number of nitrogens with one attached hydrogen (secondary N) is 1. The summed E-state index contributed by atoms with van der Waals surface area (Å²) in [6.45, 7) is 0.512. The van der Waals surface area contributed by atoms with Crippen LogP contribution in [0.15, 0.2) is 68.4 Å². The normalized spacial score (nSPS) is 13.6. The molecule has 2 heterocycles. The second kappa shape index (κ2) is 9.82. The van der Waals surface area contributed by atoms with Gasteiger partial charge in [0.05, 0.1) is 12.1 Å². The number of benzene rings is 1. The summed E-state index contributed by atoms with van der Waals surface area (Å²) in [7, 11) is 0. The number of thiophene rings is 1. The lowest BCUT2D eigenvalue weighted by Crippen LogP contribution is -2.41. The zero-order valence-electron chi connectivity index (χ0n) is 17.8. The highest BCUT2D eigenvalue weighted by Crippen LogP contribution is 2.25. The molecule has 3 N–H and O–H groups in total. The van der Waals surface area contributed by atoms with E-state index in [-0.39, 0.29) is 24.0 Å². The summed E-state index contributed by atoms with van der Waals surface area (Å²) in [6.07, 6.45) is 7.23. The lowest BCUT2D eigenvalue weighted by atomic mass is 9.97. The average molecular weight is 451 g/mol. The molecule has 32 heavy (non-hydrogen) atoms. The predicted octanol–water partition coefficient (Wildman–Crippen LogP) is 3.77. The maximum Gasteiger partial charge on any atom is 0.330 e. The average Bonchev–Trinajstić information content (AvgIpc) is 3.35. The van der Waals surface area contributed by atoms with Crippen molar-refractivity contribution in [2.24, 2.45) is 0 Å². The molecular weight excluding hydrogens is 424 g/mol. The maximum atomic E-state index is 13.4. The number of aromatic nitrogens is 2. The van der Waals surface area contributed by atoms with E-state index in [1.54, 1.807) is 11.4 Å². The van der Waals surface area contributed by atoms with E-state index in [1.807, 2.05) is 35.7 Å². The van der Waals surface area contributed by atoms with E-state index in [0.717, 1.165) is 24.8 Å². The third-order valence-corrected chi connectivity index (χ3v) is 6.41. The number of amides is 1. The molecule has 0 unspecified atom stereocenters. The Morgan fingerprint density at radius 2 is 1.97 bits per heavy atom. The summed E-state index contributed by atoms with van der Waals surface area (Å²) in [5.41, 5.74) is 7.78. The van der Waals surface area contributed by atoms with Gasteiger partial charge in [0.1, 0.15) is 5.82 Å². The molecule has 166 valence electrons. The molecule has 1 aromatic carbocycles. The fourth-order valence-electron chi connectivity index (χ4n) is 4.01. The molecule has 8 heteroatoms. The molecule has 0 bridgehead atoms. The number of nitrogen functional groups attached to an aromatic ring is 1. The molecule has 2 aromatic heterocycles. The van der Waals surface area contributed by atoms with Crippen LogP contribution < -0.4 is 21.9 Å². The molecule has 0 fully saturated rings. The number of carbonyl (C=O) groups excluding carboxylic acids is 1. The topological polar surface area (TPSA) is 101 Å². The van der Waals surface area contributed by atoms with E-state index < -0.39 is 11.2 Å². The molecule has 0 spiro atoms. The zero-order valence-corrected chi connectivity index (χ0v) is 18.6. The van der Waals surface area contributed by atoms with E-state index in [0.29, 0.717) is 18.5 Å². The lowest BCUT2D eigenvalue weighted by Gasteiger charge is -2.25. The van der Waals surface area contributed by atoms with Crippen molar-refractivity contribution in [3.05, 3.63) is 90.8 Å². The Morgan fingerprint density at radius 3 is 2.66 bits per heavy atom. The van der Waals surface area contributed by atoms with Crippen LogP contribution in [0.4, 0.5) is 11.5 Å². The van der Waals surface area contributed by atoms with Gasteiger partial charge in [-0.15, -0.1) is 0 Å². The minimum Gasteiger partial charge on any atom is -0.383 e. The quantitative estimate of drug-likeness (QED) is 0.535. The van der Waals surface area contributed by atoms with Gasteiger partial charge in [-0.2, -0.15) is 11.3 Å². The number of nitrogens with zero attached hydrogens (tertiary/aromatic N) is 2. The fourth-order valence-corrected chi connectivity index (χ4v) is 4.63. The molecule has 0 atom stereocenters. The van der Waals surface area contributed by atoms with Crippen molar-refractivity contribution in [2.75, 3.05) is 17.2 Å². The molecule has 3 aromatic rings. The van der Waals surface area contributed by atoms with Crippen molar-refractivity contribution in [2.45, 2.75) is 38.6 Å². The van der Waals surface area contributed by atoms with Gasteiger partial charge >= 0.3 is 5.69 Å². The van der Waals surface area contributed by atoms with E-state index in [1.165, 1.54) is 32.8 Å². The van der Waals surface area contributed by atoms with Crippen molar-refractivity contribution in [1.29, 1.82) is 0 Å². The zero-order chi connectivity index (χ0) is 22.5. The van der Waals surface area contributed by atoms with Crippen molar-refractivity contribution >= 4 is 28.7 Å². The fraction of sp³-hybridized carbons (Fsp3) is 0.292. The van der Waals surface area contributed by atoms with Gasteiger partial charge < -0.3 is 10.6 Å². The lowest BCUT2D eigenvalue weighted by molar-refractivity contribution is 0.0987. The summed E-state index contributed by atoms with van der Waals surface area (Å²) in [5, 5.41) is 3.57. The van der Waals surface area contributed by atoms with Crippen molar-refractivity contribution < 1.29 is 4.79 Å². The van der Waals surface area contributed by atoms with Crippen molar-refractivity contribution in [3.63, 3.8) is 0 Å². The summed E-state index contributed by atoms with van der Waals surface area (Å²) >= 11 is 1.41. The van der Waals surface area contributed by atoms with Crippen molar-refractivity contribution in [3.8, 4) is 0 Å². The third kappa shape index (κ3) is 4.75. The molecule has 0 saturated heterocycles. The summed E-state index contributed by atoms with van der Waals surface area (Å²) in [6, 6.07) is 11.1. The number of rotatable bonds is 7. The van der Waals surface area contributed by atoms with Crippen LogP contribution in [0.2, 0.25) is 0 Å². The van der Waals surface area contributed by atoms with Crippen LogP contribution in [0.3, 0.4) is 0 Å². The summed E-state index contributed by atoms with van der Waals surface area (Å²) in [4.78, 5) is 42.6. The van der Waals surface area contributed by atoms with Crippen LogP contribution in [0.1, 0.15) is 48.0 Å². The highest BCUT2D eigenvalue weighted by atomic mass is 32.1. The number of allylic oxidation sites excluding steroid dienone is 1. The van der Waals surface area contributed by atoms with Gasteiger partial charge in [-0.25, -0.2) is 4.79 Å². The smallest absolute Gasteiger partial charge is 0.330 e. The Hall–Kier alpha value is -3.39. The van der Waals surface area contributed by atoms with Crippen LogP contribution >= 0.6 is 11.3 Å². The molecule has 0 radical (unpaired) electrons. The molecular formula is C24H26N4O3S. The minimum atomic E-state index is -0.655. The Morgan fingerprint density at radius 1 is 1.16 bits per heavy atom. The Kier molecular flexibility index (Phi) is 6.70. The molecule has 0 saturated carbocycles. The van der Waals surface area contributed by atoms with Gasteiger partial charge in [-0.1, -0.05) is 42.0 Å². The van der Waals surface area contributed by atoms with Gasteiger partial charge in [0.25, 0.3) is 11.5 Å². The Labute approximate surface area is 189 Å². The number of nitrogens with two attached hydrogens (primary N) is 1. The molecule has 4 rings (SSSR count). The number of hydrogen-bond donors (Lipinski definition) is 2. The van der Waals surface area contributed by atoms with E-state index in [2.05, 4.69) is 11.1 Å². The van der Waals surface area contributed by atoms with Crippen LogP contribution in [0.5, 0.6) is 0 Å². The summed E-state index contributed by atoms with van der Waals surface area (Å²) in [5.74, 6) is -0.312. The summed E-state index contributed by atoms with van der Waals surface area (Å²) < 4.78 is 1.31. The van der Waals surface area contributed by atoms with Gasteiger partial charge in [-0.3, -0.25) is 19.1 Å². The first-order valence-electron chi connectivity index (χ1n) is 10.7. The largest absolute Gasteiger partial charge is 0.383 e. The molecule has 0 aliphatic heterocycles. The number of H-pyrrole nitrogens is 1. The second-order valence-corrected chi connectivity index (χ2v) is 8.67. The molecule has 1 aliphatic rings. The van der Waals surface area contributed by atoms with E-state index >= 15 is 0 Å². The molecule has 1 amide bonds. The van der Waals surface area contributed by atoms with Gasteiger partial charge in [0.2, 0.25) is 0 Å². The van der Waals surface area contributed by atoms with Crippen LogP contribution in [0.25, 0.3) is 0 Å². The van der Waals surface area contributed by atoms with Crippen LogP contribution in [-0.4, -0.2) is 22.0 Å². The number of anilines is 2. The molecule has 7 nitrogen and oxygen atoms in total. The Balaban J connectivity index is 1.74. The highest BCUT2D eigenvalue weighted by Gasteiger charge is 2.26. The first-order valence-corrected chi connectivity index (χ1v) is 11.7. The predicted molar refractivity (Wildman–Crippen MR) is 128 cm³/mol. The van der Waals surface area contributed by atoms with Crippen molar-refractivity contribution in [1.82, 2.24) is 9.55 Å². The first kappa shape index (κ1) is 21.8. The highest BCUT2D eigenvalue weighted by molar-refractivity contribution is 7.08. The SMILES string of the molecule is Nc1c(N(CCC2=CCCCC2)C(=O)c2ccsc2)c(=O)[nH]c(=O)n1Cc1ccccc1. The number of carbonyl (C=O) groups is 1. The Bertz CT molecular complexity index is 1230. The van der Waals surface area contributed by atoms with Gasteiger partial charge in [-0.05, 0) is 49.1 Å². The maximum absolute atomic E-state index is 13.4. The standard InChI is InChI=1S/C24H26N4O3S/c25-21-20(22(29)26-24(31)28(21)15-18-9-5-2-6-10-18)27(23(30)19-12-14-32-16-19)13-11-17-7-3-1-4-8-17/h2,5-7,9-10,12,14,16H,1,3-4,8,11,13,15,25H2,(H,26,29,31). The van der Waals surface area contributed by atoms with Crippen LogP contribution in [-0.2, 0) is 6.54 Å².